The Hall–Kier alpha value is -2.99. The van der Waals surface area contributed by atoms with Gasteiger partial charge in [0, 0.05) is 23.7 Å². The maximum Gasteiger partial charge on any atom is 0.290 e. The van der Waals surface area contributed by atoms with Gasteiger partial charge in [0.2, 0.25) is 5.76 Å². The topological polar surface area (TPSA) is 75.4 Å². The highest BCUT2D eigenvalue weighted by molar-refractivity contribution is 5.92. The summed E-state index contributed by atoms with van der Waals surface area (Å²) >= 11 is 0. The van der Waals surface area contributed by atoms with Crippen LogP contribution in [0.15, 0.2) is 53.1 Å². The van der Waals surface area contributed by atoms with E-state index in [1.165, 1.54) is 12.1 Å². The van der Waals surface area contributed by atoms with Crippen molar-refractivity contribution in [1.29, 1.82) is 0 Å². The first-order valence-corrected chi connectivity index (χ1v) is 7.77. The van der Waals surface area contributed by atoms with Gasteiger partial charge in [0.15, 0.2) is 0 Å². The smallest absolute Gasteiger partial charge is 0.290 e. The van der Waals surface area contributed by atoms with Gasteiger partial charge in [-0.05, 0) is 24.6 Å². The summed E-state index contributed by atoms with van der Waals surface area (Å²) in [6.45, 7) is 1.78. The molecular weight excluding hydrogens is 323 g/mol. The Bertz CT molecular complexity index is 888. The second kappa shape index (κ2) is 7.27. The van der Waals surface area contributed by atoms with Crippen molar-refractivity contribution in [2.75, 3.05) is 0 Å². The molecule has 2 aromatic carbocycles. The molecule has 0 aliphatic rings. The summed E-state index contributed by atoms with van der Waals surface area (Å²) in [7, 11) is 0. The summed E-state index contributed by atoms with van der Waals surface area (Å²) in [5, 5.41) is 15.7. The Labute approximate surface area is 144 Å². The van der Waals surface area contributed by atoms with Gasteiger partial charge >= 0.3 is 0 Å². The zero-order valence-electron chi connectivity index (χ0n) is 13.6. The molecule has 3 rings (SSSR count). The third-order valence-corrected chi connectivity index (χ3v) is 3.81. The Kier molecular flexibility index (Phi) is 4.90. The van der Waals surface area contributed by atoms with E-state index in [0.717, 1.165) is 11.1 Å². The van der Waals surface area contributed by atoms with Crippen LogP contribution in [-0.2, 0) is 13.2 Å². The number of aryl methyl sites for hydroxylation is 1. The van der Waals surface area contributed by atoms with Crippen molar-refractivity contribution in [3.8, 4) is 11.3 Å². The third-order valence-electron chi connectivity index (χ3n) is 3.81. The maximum atomic E-state index is 13.4. The lowest BCUT2D eigenvalue weighted by atomic mass is 10.1. The fraction of sp³-hybridized carbons (Fsp3) is 0.158. The first kappa shape index (κ1) is 16.9. The Morgan fingerprint density at radius 3 is 2.68 bits per heavy atom. The van der Waals surface area contributed by atoms with Crippen LogP contribution in [0.3, 0.4) is 0 Å². The van der Waals surface area contributed by atoms with Crippen molar-refractivity contribution in [2.45, 2.75) is 20.1 Å². The van der Waals surface area contributed by atoms with Crippen LogP contribution in [0, 0.1) is 12.7 Å². The molecule has 0 bridgehead atoms. The zero-order valence-corrected chi connectivity index (χ0v) is 13.6. The molecule has 1 heterocycles. The molecule has 2 N–H and O–H groups in total. The summed E-state index contributed by atoms with van der Waals surface area (Å²) in [5.41, 5.74) is 3.44. The van der Waals surface area contributed by atoms with Crippen molar-refractivity contribution in [1.82, 2.24) is 10.5 Å². The lowest BCUT2D eigenvalue weighted by Gasteiger charge is -2.05. The van der Waals surface area contributed by atoms with Crippen molar-refractivity contribution in [3.05, 3.63) is 76.8 Å². The van der Waals surface area contributed by atoms with Crippen LogP contribution in [0.1, 0.15) is 27.2 Å². The number of amides is 1. The Morgan fingerprint density at radius 2 is 1.96 bits per heavy atom. The number of aliphatic hydroxyl groups excluding tert-OH is 1. The Morgan fingerprint density at radius 1 is 1.20 bits per heavy atom. The summed E-state index contributed by atoms with van der Waals surface area (Å²) in [6, 6.07) is 13.6. The molecule has 0 spiro atoms. The van der Waals surface area contributed by atoms with Gasteiger partial charge < -0.3 is 14.9 Å². The van der Waals surface area contributed by atoms with Crippen LogP contribution in [-0.4, -0.2) is 16.2 Å². The summed E-state index contributed by atoms with van der Waals surface area (Å²) < 4.78 is 18.5. The first-order valence-electron chi connectivity index (χ1n) is 7.77. The lowest BCUT2D eigenvalue weighted by Crippen LogP contribution is -2.22. The molecule has 0 atom stereocenters. The molecule has 0 saturated heterocycles. The van der Waals surface area contributed by atoms with Crippen molar-refractivity contribution in [2.24, 2.45) is 0 Å². The average molecular weight is 340 g/mol. The molecule has 128 valence electrons. The predicted octanol–water partition coefficient (Wildman–Crippen LogP) is 3.21. The number of aliphatic hydroxyl groups is 1. The molecule has 0 radical (unpaired) electrons. The lowest BCUT2D eigenvalue weighted by molar-refractivity contribution is 0.0914. The van der Waals surface area contributed by atoms with Gasteiger partial charge in [0.1, 0.15) is 11.5 Å². The molecule has 1 aromatic heterocycles. The van der Waals surface area contributed by atoms with Gasteiger partial charge in [-0.1, -0.05) is 41.1 Å². The van der Waals surface area contributed by atoms with E-state index >= 15 is 0 Å². The van der Waals surface area contributed by atoms with Gasteiger partial charge in [-0.15, -0.1) is 0 Å². The average Bonchev–Trinajstić information content (AvgIpc) is 3.11. The largest absolute Gasteiger partial charge is 0.392 e. The number of benzene rings is 2. The van der Waals surface area contributed by atoms with E-state index in [4.69, 9.17) is 9.63 Å². The minimum Gasteiger partial charge on any atom is -0.392 e. The molecule has 0 unspecified atom stereocenters. The van der Waals surface area contributed by atoms with Gasteiger partial charge in [-0.2, -0.15) is 0 Å². The summed E-state index contributed by atoms with van der Waals surface area (Å²) in [5.74, 6) is -0.795. The van der Waals surface area contributed by atoms with Crippen LogP contribution in [0.25, 0.3) is 11.3 Å². The molecule has 25 heavy (non-hydrogen) atoms. The molecule has 0 saturated carbocycles. The number of hydrogen-bond acceptors (Lipinski definition) is 4. The number of halogens is 1. The number of aromatic nitrogens is 1. The highest BCUT2D eigenvalue weighted by Gasteiger charge is 2.14. The second-order valence-corrected chi connectivity index (χ2v) is 5.71. The van der Waals surface area contributed by atoms with E-state index in [-0.39, 0.29) is 17.9 Å². The molecule has 6 heteroatoms. The van der Waals surface area contributed by atoms with Gasteiger partial charge in [-0.3, -0.25) is 4.79 Å². The van der Waals surface area contributed by atoms with Crippen molar-refractivity contribution < 1.29 is 18.8 Å². The van der Waals surface area contributed by atoms with Gasteiger partial charge in [0.25, 0.3) is 5.91 Å². The highest BCUT2D eigenvalue weighted by atomic mass is 19.1. The summed E-state index contributed by atoms with van der Waals surface area (Å²) in [4.78, 5) is 12.2. The second-order valence-electron chi connectivity index (χ2n) is 5.71. The monoisotopic (exact) mass is 340 g/mol. The fourth-order valence-electron chi connectivity index (χ4n) is 2.37. The van der Waals surface area contributed by atoms with Crippen LogP contribution < -0.4 is 5.32 Å². The molecule has 1 amide bonds. The van der Waals surface area contributed by atoms with Crippen LogP contribution in [0.4, 0.5) is 4.39 Å². The van der Waals surface area contributed by atoms with Gasteiger partial charge in [-0.25, -0.2) is 4.39 Å². The number of carbonyl (C=O) groups is 1. The molecule has 0 aliphatic heterocycles. The maximum absolute atomic E-state index is 13.4. The normalized spacial score (nSPS) is 10.7. The van der Waals surface area contributed by atoms with E-state index in [0.29, 0.717) is 11.3 Å². The quantitative estimate of drug-likeness (QED) is 0.748. The SMILES string of the molecule is Cc1ccc(-c2cc(C(=O)NCc3ccc(F)c(CO)c3)on2)cc1. The van der Waals surface area contributed by atoms with Crippen LogP contribution in [0.5, 0.6) is 0 Å². The van der Waals surface area contributed by atoms with E-state index < -0.39 is 18.3 Å². The summed E-state index contributed by atoms with van der Waals surface area (Å²) in [6.07, 6.45) is 0. The fourth-order valence-corrected chi connectivity index (χ4v) is 2.37. The molecule has 5 nitrogen and oxygen atoms in total. The zero-order chi connectivity index (χ0) is 17.8. The van der Waals surface area contributed by atoms with Gasteiger partial charge in [0.05, 0.1) is 6.61 Å². The predicted molar refractivity (Wildman–Crippen MR) is 90.2 cm³/mol. The Balaban J connectivity index is 1.67. The van der Waals surface area contributed by atoms with Crippen molar-refractivity contribution in [3.63, 3.8) is 0 Å². The number of carbonyl (C=O) groups excluding carboxylic acids is 1. The van der Waals surface area contributed by atoms with Crippen LogP contribution in [0.2, 0.25) is 0 Å². The minimum atomic E-state index is -0.476. The minimum absolute atomic E-state index is 0.0973. The number of nitrogens with zero attached hydrogens (tertiary/aromatic N) is 1. The van der Waals surface area contributed by atoms with E-state index in [9.17, 15) is 9.18 Å². The molecule has 0 aliphatic carbocycles. The molecule has 0 fully saturated rings. The van der Waals surface area contributed by atoms with E-state index in [1.54, 1.807) is 12.1 Å². The number of nitrogens with one attached hydrogen (secondary N) is 1. The number of hydrogen-bond donors (Lipinski definition) is 2. The molecule has 3 aromatic rings. The third kappa shape index (κ3) is 3.92. The van der Waals surface area contributed by atoms with E-state index in [1.807, 2.05) is 31.2 Å². The van der Waals surface area contributed by atoms with Crippen molar-refractivity contribution >= 4 is 5.91 Å². The number of rotatable bonds is 5. The molecular formula is C19H17FN2O3. The highest BCUT2D eigenvalue weighted by Crippen LogP contribution is 2.19. The van der Waals surface area contributed by atoms with Crippen LogP contribution >= 0.6 is 0 Å². The standard InChI is InChI=1S/C19H17FN2O3/c1-12-2-5-14(6-3-12)17-9-18(25-22-17)19(24)21-10-13-4-7-16(20)15(8-13)11-23/h2-9,23H,10-11H2,1H3,(H,21,24). The van der Waals surface area contributed by atoms with E-state index in [2.05, 4.69) is 10.5 Å². The first-order chi connectivity index (χ1) is 12.1.